The number of carbonyl (C=O) groups excluding carboxylic acids is 1. The van der Waals surface area contributed by atoms with Crippen LogP contribution in [-0.2, 0) is 4.79 Å². The Morgan fingerprint density at radius 3 is 2.84 bits per heavy atom. The molecule has 1 fully saturated rings. The topological polar surface area (TPSA) is 41.9 Å². The van der Waals surface area contributed by atoms with Crippen molar-refractivity contribution in [2.75, 3.05) is 12.9 Å². The molecule has 0 saturated carbocycles. The van der Waals surface area contributed by atoms with Crippen molar-refractivity contribution in [1.82, 2.24) is 5.01 Å². The summed E-state index contributed by atoms with van der Waals surface area (Å²) in [6, 6.07) is 5.87. The fraction of sp³-hybridized carbons (Fsp3) is 0.182. The van der Waals surface area contributed by atoms with Crippen LogP contribution in [0.2, 0.25) is 0 Å². The lowest BCUT2D eigenvalue weighted by Crippen LogP contribution is -2.24. The second-order valence-corrected chi connectivity index (χ2v) is 7.57. The van der Waals surface area contributed by atoms with Crippen LogP contribution < -0.4 is 8.72 Å². The summed E-state index contributed by atoms with van der Waals surface area (Å²) < 4.78 is 8.73. The number of fused-ring (bicyclic) bond motifs is 1. The Morgan fingerprint density at radius 2 is 2.16 bits per heavy atom. The lowest BCUT2D eigenvalue weighted by molar-refractivity contribution is -0.124. The quantitative estimate of drug-likeness (QED) is 0.795. The van der Waals surface area contributed by atoms with Crippen LogP contribution in [0.5, 0.6) is 5.75 Å². The minimum atomic E-state index is -0.0581. The van der Waals surface area contributed by atoms with E-state index in [-0.39, 0.29) is 5.91 Å². The molecule has 19 heavy (non-hydrogen) atoms. The summed E-state index contributed by atoms with van der Waals surface area (Å²) >= 11 is 9.52. The Hall–Kier alpha value is -0.960. The number of thioether (sulfide) groups is 1. The van der Waals surface area contributed by atoms with Gasteiger partial charge in [-0.15, -0.1) is 27.8 Å². The summed E-state index contributed by atoms with van der Waals surface area (Å²) in [6.45, 7) is 0. The van der Waals surface area contributed by atoms with E-state index in [1.807, 2.05) is 18.2 Å². The van der Waals surface area contributed by atoms with Crippen LogP contribution in [0.25, 0.3) is 9.40 Å². The summed E-state index contributed by atoms with van der Waals surface area (Å²) in [7, 11) is 1.64. The fourth-order valence-electron chi connectivity index (χ4n) is 1.56. The molecule has 0 N–H and O–H groups in total. The van der Waals surface area contributed by atoms with Gasteiger partial charge in [0.25, 0.3) is 5.91 Å². The predicted molar refractivity (Wildman–Crippen MR) is 83.7 cm³/mol. The summed E-state index contributed by atoms with van der Waals surface area (Å²) in [5.41, 5.74) is 0. The van der Waals surface area contributed by atoms with Crippen LogP contribution in [0.1, 0.15) is 0 Å². The minimum absolute atomic E-state index is 0.0581. The number of amides is 1. The predicted octanol–water partition coefficient (Wildman–Crippen LogP) is 2.65. The van der Waals surface area contributed by atoms with Crippen molar-refractivity contribution in [2.45, 2.75) is 0 Å². The number of benzene rings is 1. The Balaban J connectivity index is 2.05. The van der Waals surface area contributed by atoms with E-state index < -0.39 is 0 Å². The maximum absolute atomic E-state index is 11.6. The molecule has 8 heteroatoms. The van der Waals surface area contributed by atoms with Crippen molar-refractivity contribution in [3.8, 4) is 5.75 Å². The summed E-state index contributed by atoms with van der Waals surface area (Å²) in [6.07, 6.45) is 0. The molecule has 1 saturated heterocycles. The van der Waals surface area contributed by atoms with E-state index in [4.69, 9.17) is 17.0 Å². The Kier molecular flexibility index (Phi) is 3.57. The van der Waals surface area contributed by atoms with E-state index in [9.17, 15) is 4.79 Å². The van der Waals surface area contributed by atoms with Crippen LogP contribution >= 0.6 is 46.7 Å². The second kappa shape index (κ2) is 5.20. The Labute approximate surface area is 126 Å². The third-order valence-electron chi connectivity index (χ3n) is 2.46. The number of hydrogen-bond acceptors (Lipinski definition) is 7. The molecule has 0 aliphatic carbocycles. The molecule has 0 bridgehead atoms. The van der Waals surface area contributed by atoms with Crippen LogP contribution in [0.4, 0.5) is 0 Å². The van der Waals surface area contributed by atoms with Crippen LogP contribution in [0.3, 0.4) is 0 Å². The van der Waals surface area contributed by atoms with Gasteiger partial charge in [-0.3, -0.25) is 4.79 Å². The molecule has 3 rings (SSSR count). The molecule has 4 nitrogen and oxygen atoms in total. The van der Waals surface area contributed by atoms with Gasteiger partial charge in [-0.1, -0.05) is 24.0 Å². The SMILES string of the molecule is COc1ccc2s/c(=N\N3C(=O)CSC3=S)sc2c1. The van der Waals surface area contributed by atoms with Gasteiger partial charge >= 0.3 is 0 Å². The van der Waals surface area contributed by atoms with Gasteiger partial charge < -0.3 is 4.74 Å². The van der Waals surface area contributed by atoms with Gasteiger partial charge in [0.05, 0.1) is 17.6 Å². The molecule has 2 heterocycles. The van der Waals surface area contributed by atoms with Gasteiger partial charge in [-0.2, -0.15) is 5.01 Å². The first-order chi connectivity index (χ1) is 9.17. The Bertz CT molecular complexity index is 718. The van der Waals surface area contributed by atoms with E-state index >= 15 is 0 Å². The fourth-order valence-corrected chi connectivity index (χ4v) is 4.72. The van der Waals surface area contributed by atoms with Gasteiger partial charge in [0, 0.05) is 4.70 Å². The first-order valence-electron chi connectivity index (χ1n) is 5.29. The first kappa shape index (κ1) is 13.0. The zero-order valence-electron chi connectivity index (χ0n) is 9.78. The lowest BCUT2D eigenvalue weighted by atomic mass is 10.3. The molecule has 1 amide bonds. The number of methoxy groups -OCH3 is 1. The average molecular weight is 328 g/mol. The molecule has 1 aromatic carbocycles. The number of nitrogens with zero attached hydrogens (tertiary/aromatic N) is 2. The highest BCUT2D eigenvalue weighted by molar-refractivity contribution is 8.23. The van der Waals surface area contributed by atoms with Crippen molar-refractivity contribution in [1.29, 1.82) is 0 Å². The number of hydrogen-bond donors (Lipinski definition) is 0. The normalized spacial score (nSPS) is 16.7. The van der Waals surface area contributed by atoms with Crippen LogP contribution in [0.15, 0.2) is 23.3 Å². The van der Waals surface area contributed by atoms with Crippen molar-refractivity contribution in [3.05, 3.63) is 22.2 Å². The van der Waals surface area contributed by atoms with Crippen LogP contribution in [-0.4, -0.2) is 28.1 Å². The van der Waals surface area contributed by atoms with E-state index in [1.54, 1.807) is 18.4 Å². The monoisotopic (exact) mass is 328 g/mol. The molecule has 0 unspecified atom stereocenters. The number of ether oxygens (including phenoxy) is 1. The highest BCUT2D eigenvalue weighted by Crippen LogP contribution is 2.26. The van der Waals surface area contributed by atoms with Gasteiger partial charge in [-0.25, -0.2) is 0 Å². The number of thiocarbonyl (C=S) groups is 1. The van der Waals surface area contributed by atoms with E-state index in [0.29, 0.717) is 10.1 Å². The Morgan fingerprint density at radius 1 is 1.37 bits per heavy atom. The van der Waals surface area contributed by atoms with E-state index in [0.717, 1.165) is 19.1 Å². The molecule has 1 aliphatic heterocycles. The molecule has 98 valence electrons. The van der Waals surface area contributed by atoms with Crippen molar-refractivity contribution >= 4 is 66.3 Å². The molecular formula is C11H8N2O2S4. The first-order valence-corrected chi connectivity index (χ1v) is 8.32. The molecule has 1 aromatic heterocycles. The summed E-state index contributed by atoms with van der Waals surface area (Å²) in [5, 5.41) is 5.65. The second-order valence-electron chi connectivity index (χ2n) is 3.64. The van der Waals surface area contributed by atoms with Crippen molar-refractivity contribution < 1.29 is 9.53 Å². The number of carbonyl (C=O) groups is 1. The van der Waals surface area contributed by atoms with Crippen molar-refractivity contribution in [3.63, 3.8) is 0 Å². The zero-order valence-corrected chi connectivity index (χ0v) is 13.0. The smallest absolute Gasteiger partial charge is 0.259 e. The molecule has 0 radical (unpaired) electrons. The average Bonchev–Trinajstić information content (AvgIpc) is 2.95. The summed E-state index contributed by atoms with van der Waals surface area (Å²) in [5.74, 6) is 1.14. The maximum atomic E-state index is 11.6. The lowest BCUT2D eigenvalue weighted by Gasteiger charge is -2.04. The minimum Gasteiger partial charge on any atom is -0.497 e. The van der Waals surface area contributed by atoms with Gasteiger partial charge in [-0.05, 0) is 18.2 Å². The van der Waals surface area contributed by atoms with E-state index in [2.05, 4.69) is 5.10 Å². The molecule has 0 atom stereocenters. The standard InChI is InChI=1S/C11H8N2O2S4/c1-15-6-2-3-7-8(4-6)19-10(18-7)12-13-9(14)5-17-11(13)16/h2-4H,5H2,1H3/b12-10+. The van der Waals surface area contributed by atoms with Crippen LogP contribution in [0, 0.1) is 0 Å². The third kappa shape index (κ3) is 2.53. The number of rotatable bonds is 2. The highest BCUT2D eigenvalue weighted by Gasteiger charge is 2.26. The van der Waals surface area contributed by atoms with Crippen molar-refractivity contribution in [2.24, 2.45) is 5.10 Å². The van der Waals surface area contributed by atoms with Gasteiger partial charge in [0.1, 0.15) is 5.75 Å². The summed E-state index contributed by atoms with van der Waals surface area (Å²) in [4.78, 5) is 11.6. The van der Waals surface area contributed by atoms with Gasteiger partial charge in [0.2, 0.25) is 0 Å². The molecule has 1 aliphatic rings. The third-order valence-corrected chi connectivity index (χ3v) is 6.07. The maximum Gasteiger partial charge on any atom is 0.259 e. The van der Waals surface area contributed by atoms with E-state index in [1.165, 1.54) is 28.1 Å². The van der Waals surface area contributed by atoms with Gasteiger partial charge in [0.15, 0.2) is 8.31 Å². The largest absolute Gasteiger partial charge is 0.497 e. The molecule has 0 spiro atoms. The molecule has 2 aromatic rings. The zero-order chi connectivity index (χ0) is 13.4. The molecular weight excluding hydrogens is 320 g/mol. The highest BCUT2D eigenvalue weighted by atomic mass is 32.2.